The Kier molecular flexibility index (Phi) is 8.20. The SMILES string of the molecule is CB(O)Nc1ncc(CO)s1.COc1cnc(NB(C)O)s1. The number of hydrogen-bond donors (Lipinski definition) is 5. The van der Waals surface area contributed by atoms with Crippen LogP contribution in [0.2, 0.25) is 13.6 Å². The fourth-order valence-corrected chi connectivity index (χ4v) is 2.69. The number of nitrogens with one attached hydrogen (secondary N) is 2. The summed E-state index contributed by atoms with van der Waals surface area (Å²) < 4.78 is 4.91. The van der Waals surface area contributed by atoms with Crippen LogP contribution in [0.4, 0.5) is 10.3 Å². The van der Waals surface area contributed by atoms with Gasteiger partial charge in [-0.15, -0.1) is 11.3 Å². The van der Waals surface area contributed by atoms with E-state index in [0.717, 1.165) is 9.94 Å². The highest BCUT2D eigenvalue weighted by molar-refractivity contribution is 7.17. The molecule has 0 unspecified atom stereocenters. The summed E-state index contributed by atoms with van der Waals surface area (Å²) in [6.45, 7) is 3.24. The summed E-state index contributed by atoms with van der Waals surface area (Å²) in [5.41, 5.74) is 0. The van der Waals surface area contributed by atoms with Crippen molar-refractivity contribution in [3.8, 4) is 5.06 Å². The van der Waals surface area contributed by atoms with Crippen LogP contribution in [0.15, 0.2) is 12.4 Å². The van der Waals surface area contributed by atoms with Gasteiger partial charge < -0.3 is 30.3 Å². The van der Waals surface area contributed by atoms with Gasteiger partial charge in [0.1, 0.15) is 0 Å². The topological polar surface area (TPSA) is 120 Å². The Hall–Kier alpha value is -1.33. The summed E-state index contributed by atoms with van der Waals surface area (Å²) in [4.78, 5) is 8.65. The predicted octanol–water partition coefficient (Wildman–Crippen LogP) is 0.831. The maximum Gasteiger partial charge on any atom is 0.408 e. The molecule has 0 fully saturated rings. The highest BCUT2D eigenvalue weighted by Gasteiger charge is 2.06. The van der Waals surface area contributed by atoms with E-state index in [9.17, 15) is 0 Å². The van der Waals surface area contributed by atoms with E-state index in [4.69, 9.17) is 19.9 Å². The average Bonchev–Trinajstić information content (AvgIpc) is 3.07. The third kappa shape index (κ3) is 7.09. The van der Waals surface area contributed by atoms with Gasteiger partial charge in [-0.3, -0.25) is 0 Å². The fourth-order valence-electron chi connectivity index (χ4n) is 1.23. The summed E-state index contributed by atoms with van der Waals surface area (Å²) >= 11 is 2.69. The maximum absolute atomic E-state index is 8.90. The zero-order valence-corrected chi connectivity index (χ0v) is 14.1. The van der Waals surface area contributed by atoms with Crippen LogP contribution in [0.3, 0.4) is 0 Å². The van der Waals surface area contributed by atoms with Gasteiger partial charge in [-0.25, -0.2) is 9.97 Å². The maximum atomic E-state index is 8.90. The molecule has 2 heterocycles. The van der Waals surface area contributed by atoms with Gasteiger partial charge in [0, 0.05) is 6.20 Å². The molecule has 0 saturated heterocycles. The summed E-state index contributed by atoms with van der Waals surface area (Å²) in [6.07, 6.45) is 3.19. The first-order chi connectivity index (χ1) is 10.4. The molecule has 0 aliphatic heterocycles. The van der Waals surface area contributed by atoms with E-state index in [-0.39, 0.29) is 6.61 Å². The Morgan fingerprint density at radius 1 is 1.09 bits per heavy atom. The lowest BCUT2D eigenvalue weighted by Crippen LogP contribution is -2.18. The number of rotatable bonds is 6. The van der Waals surface area contributed by atoms with Crippen LogP contribution in [0.5, 0.6) is 5.06 Å². The summed E-state index contributed by atoms with van der Waals surface area (Å²) in [7, 11) is 0.401. The number of methoxy groups -OCH3 is 1. The van der Waals surface area contributed by atoms with Crippen molar-refractivity contribution in [3.05, 3.63) is 17.3 Å². The van der Waals surface area contributed by atoms with Gasteiger partial charge >= 0.3 is 14.1 Å². The molecule has 120 valence electrons. The lowest BCUT2D eigenvalue weighted by molar-refractivity contribution is 0.285. The van der Waals surface area contributed by atoms with Crippen molar-refractivity contribution in [1.29, 1.82) is 0 Å². The van der Waals surface area contributed by atoms with Crippen LogP contribution >= 0.6 is 22.7 Å². The Morgan fingerprint density at radius 3 is 2.05 bits per heavy atom. The zero-order valence-electron chi connectivity index (χ0n) is 12.5. The van der Waals surface area contributed by atoms with Crippen molar-refractivity contribution in [1.82, 2.24) is 9.97 Å². The number of thiazole rings is 2. The van der Waals surface area contributed by atoms with Crippen LogP contribution in [0, 0.1) is 0 Å². The number of hydrogen-bond acceptors (Lipinski definition) is 10. The first-order valence-corrected chi connectivity index (χ1v) is 8.02. The van der Waals surface area contributed by atoms with Gasteiger partial charge in [-0.05, 0) is 13.6 Å². The molecule has 2 aromatic heterocycles. The minimum absolute atomic E-state index is 0.000837. The minimum atomic E-state index is -0.604. The highest BCUT2D eigenvalue weighted by atomic mass is 32.1. The second-order valence-electron chi connectivity index (χ2n) is 4.12. The number of aliphatic hydroxyl groups is 1. The fraction of sp³-hybridized carbons (Fsp3) is 0.400. The van der Waals surface area contributed by atoms with Crippen LogP contribution in [-0.2, 0) is 6.61 Å². The molecule has 0 atom stereocenters. The number of aromatic nitrogens is 2. The molecule has 0 aliphatic carbocycles. The van der Waals surface area contributed by atoms with Crippen molar-refractivity contribution < 1.29 is 19.9 Å². The molecule has 2 rings (SSSR count). The molecular weight excluding hydrogens is 326 g/mol. The predicted molar refractivity (Wildman–Crippen MR) is 91.6 cm³/mol. The van der Waals surface area contributed by atoms with Gasteiger partial charge in [0.05, 0.1) is 24.8 Å². The van der Waals surface area contributed by atoms with Gasteiger partial charge in [-0.2, -0.15) is 0 Å². The second kappa shape index (κ2) is 9.64. The van der Waals surface area contributed by atoms with Crippen molar-refractivity contribution in [2.24, 2.45) is 0 Å². The molecule has 0 bridgehead atoms. The zero-order chi connectivity index (χ0) is 16.5. The molecule has 0 amide bonds. The van der Waals surface area contributed by atoms with E-state index >= 15 is 0 Å². The van der Waals surface area contributed by atoms with E-state index in [1.807, 2.05) is 0 Å². The van der Waals surface area contributed by atoms with Crippen molar-refractivity contribution in [3.63, 3.8) is 0 Å². The molecule has 0 spiro atoms. The highest BCUT2D eigenvalue weighted by Crippen LogP contribution is 2.24. The second-order valence-corrected chi connectivity index (χ2v) is 6.23. The van der Waals surface area contributed by atoms with Crippen molar-refractivity contribution >= 4 is 47.0 Å². The Bertz CT molecular complexity index is 504. The Balaban J connectivity index is 0.000000220. The van der Waals surface area contributed by atoms with Crippen LogP contribution in [-0.4, -0.2) is 46.3 Å². The van der Waals surface area contributed by atoms with Crippen LogP contribution in [0.1, 0.15) is 4.88 Å². The third-order valence-corrected chi connectivity index (χ3v) is 3.86. The molecule has 2 aromatic rings. The third-order valence-electron chi connectivity index (χ3n) is 2.06. The number of aliphatic hydroxyl groups excluding tert-OH is 1. The van der Waals surface area contributed by atoms with E-state index in [1.165, 1.54) is 22.7 Å². The van der Waals surface area contributed by atoms with Gasteiger partial charge in [0.15, 0.2) is 15.3 Å². The van der Waals surface area contributed by atoms with E-state index in [0.29, 0.717) is 10.3 Å². The van der Waals surface area contributed by atoms with Crippen molar-refractivity contribution in [2.45, 2.75) is 20.3 Å². The lowest BCUT2D eigenvalue weighted by atomic mass is 9.90. The van der Waals surface area contributed by atoms with E-state index in [2.05, 4.69) is 20.4 Å². The van der Waals surface area contributed by atoms with Crippen LogP contribution in [0.25, 0.3) is 0 Å². The lowest BCUT2D eigenvalue weighted by Gasteiger charge is -1.98. The Labute approximate surface area is 137 Å². The summed E-state index contributed by atoms with van der Waals surface area (Å²) in [5.74, 6) is 0. The smallest absolute Gasteiger partial charge is 0.408 e. The van der Waals surface area contributed by atoms with Gasteiger partial charge in [-0.1, -0.05) is 11.3 Å². The first-order valence-electron chi connectivity index (χ1n) is 6.39. The largest absolute Gasteiger partial charge is 0.486 e. The van der Waals surface area contributed by atoms with E-state index < -0.39 is 14.1 Å². The Morgan fingerprint density at radius 2 is 1.64 bits per heavy atom. The average molecular weight is 344 g/mol. The molecule has 5 N–H and O–H groups in total. The van der Waals surface area contributed by atoms with Gasteiger partial charge in [0.2, 0.25) is 0 Å². The number of anilines is 2. The van der Waals surface area contributed by atoms with Gasteiger partial charge in [0.25, 0.3) is 0 Å². The normalized spacial score (nSPS) is 9.55. The quantitative estimate of drug-likeness (QED) is 0.489. The molecule has 12 heteroatoms. The molecule has 0 aliphatic rings. The molecular formula is C10H18B2N4O4S2. The monoisotopic (exact) mass is 344 g/mol. The van der Waals surface area contributed by atoms with E-state index in [1.54, 1.807) is 33.1 Å². The standard InChI is InChI=1S/2C5H9BN2O2S/c1-6(9)8-5-7-3-4(10-2)11-5;1-6(10)8-5-7-2-4(3-9)11-5/h3,9H,1-2H3,(H,7,8);2,9-10H,3H2,1H3,(H,7,8). The molecule has 0 aromatic carbocycles. The van der Waals surface area contributed by atoms with Crippen LogP contribution < -0.4 is 15.2 Å². The summed E-state index contributed by atoms with van der Waals surface area (Å²) in [5, 5.41) is 33.9. The molecule has 22 heavy (non-hydrogen) atoms. The summed E-state index contributed by atoms with van der Waals surface area (Å²) in [6, 6.07) is 0. The molecule has 0 saturated carbocycles. The first kappa shape index (κ1) is 18.7. The number of nitrogens with zero attached hydrogens (tertiary/aromatic N) is 2. The molecule has 8 nitrogen and oxygen atoms in total. The molecule has 0 radical (unpaired) electrons. The minimum Gasteiger partial charge on any atom is -0.486 e. The number of ether oxygens (including phenoxy) is 1. The van der Waals surface area contributed by atoms with Crippen molar-refractivity contribution in [2.75, 3.05) is 17.6 Å².